The Morgan fingerprint density at radius 2 is 1.75 bits per heavy atom. The summed E-state index contributed by atoms with van der Waals surface area (Å²) in [5.41, 5.74) is 0.462. The van der Waals surface area contributed by atoms with Crippen molar-refractivity contribution in [1.29, 1.82) is 0 Å². The third-order valence-electron chi connectivity index (χ3n) is 4.19. The Balaban J connectivity index is 2.39. The third-order valence-corrected chi connectivity index (χ3v) is 4.19. The van der Waals surface area contributed by atoms with Crippen LogP contribution in [0.15, 0.2) is 24.3 Å². The molecule has 12 heteroatoms. The molecule has 1 rings (SSSR count). The molecular weight excluding hydrogens is 428 g/mol. The maximum atomic E-state index is 12.1. The predicted molar refractivity (Wildman–Crippen MR) is 108 cm³/mol. The molecule has 1 aromatic carbocycles. The zero-order valence-corrected chi connectivity index (χ0v) is 17.4. The topological polar surface area (TPSA) is 178 Å². The minimum absolute atomic E-state index is 0.0858. The minimum atomic E-state index is -1.47. The fourth-order valence-electron chi connectivity index (χ4n) is 2.52. The van der Waals surface area contributed by atoms with Crippen LogP contribution >= 0.6 is 0 Å². The molecule has 0 bridgehead atoms. The molecule has 12 nitrogen and oxygen atoms in total. The van der Waals surface area contributed by atoms with Gasteiger partial charge in [0.1, 0.15) is 11.8 Å². The molecule has 0 saturated heterocycles. The van der Waals surface area contributed by atoms with E-state index in [2.05, 4.69) is 10.1 Å². The van der Waals surface area contributed by atoms with Gasteiger partial charge in [0.05, 0.1) is 7.11 Å². The number of carboxylic acid groups (broad SMARTS) is 2. The quantitative estimate of drug-likeness (QED) is 0.171. The summed E-state index contributed by atoms with van der Waals surface area (Å²) in [7, 11) is 1.52. The molecular formula is C20H26N2O10. The molecule has 0 spiro atoms. The van der Waals surface area contributed by atoms with E-state index < -0.39 is 36.8 Å². The van der Waals surface area contributed by atoms with Gasteiger partial charge in [-0.25, -0.2) is 9.59 Å². The largest absolute Gasteiger partial charge is 0.497 e. The van der Waals surface area contributed by atoms with E-state index in [9.17, 15) is 24.0 Å². The Morgan fingerprint density at radius 3 is 2.31 bits per heavy atom. The molecule has 0 aromatic heterocycles. The minimum Gasteiger partial charge on any atom is -0.497 e. The van der Waals surface area contributed by atoms with Crippen LogP contribution in [0.3, 0.4) is 0 Å². The highest BCUT2D eigenvalue weighted by molar-refractivity contribution is 5.94. The molecule has 0 aliphatic carbocycles. The van der Waals surface area contributed by atoms with Gasteiger partial charge in [-0.2, -0.15) is 0 Å². The van der Waals surface area contributed by atoms with Gasteiger partial charge in [0.25, 0.3) is 12.4 Å². The molecule has 2 amide bonds. The van der Waals surface area contributed by atoms with Gasteiger partial charge in [-0.05, 0) is 43.5 Å². The van der Waals surface area contributed by atoms with E-state index in [0.717, 1.165) is 0 Å². The van der Waals surface area contributed by atoms with Crippen molar-refractivity contribution in [3.63, 3.8) is 0 Å². The molecule has 2 atom stereocenters. The van der Waals surface area contributed by atoms with E-state index >= 15 is 0 Å². The number of nitrogens with one attached hydrogen (secondary N) is 2. The highest BCUT2D eigenvalue weighted by Crippen LogP contribution is 2.11. The second-order valence-electron chi connectivity index (χ2n) is 6.51. The van der Waals surface area contributed by atoms with Crippen LogP contribution in [-0.4, -0.2) is 66.6 Å². The summed E-state index contributed by atoms with van der Waals surface area (Å²) < 4.78 is 14.6. The third kappa shape index (κ3) is 10.3. The number of methoxy groups -OCH3 is 1. The standard InChI is InChI=1S/C20H26N2O10/c1-30-14-7-5-13(6-8-14)18(26)21-11-3-2-4-17(31-12-23)32-20(29)22-15(19(27)28)9-10-16(24)25/h5-8,12,15,17H,2-4,9-11H2,1H3,(H,21,26)(H,22,29)(H,24,25)(H,27,28)/t15-,17-/m0/s1. The van der Waals surface area contributed by atoms with Crippen molar-refractivity contribution in [2.45, 2.75) is 44.4 Å². The van der Waals surface area contributed by atoms with Crippen molar-refractivity contribution < 1.29 is 48.4 Å². The molecule has 0 aliphatic rings. The molecule has 0 heterocycles. The van der Waals surface area contributed by atoms with Crippen molar-refractivity contribution in [3.8, 4) is 5.75 Å². The average molecular weight is 454 g/mol. The molecule has 32 heavy (non-hydrogen) atoms. The van der Waals surface area contributed by atoms with Crippen molar-refractivity contribution >= 4 is 30.4 Å². The zero-order valence-electron chi connectivity index (χ0n) is 17.4. The summed E-state index contributed by atoms with van der Waals surface area (Å²) in [6.45, 7) is 0.406. The lowest BCUT2D eigenvalue weighted by atomic mass is 10.1. The van der Waals surface area contributed by atoms with Crippen molar-refractivity contribution in [3.05, 3.63) is 29.8 Å². The molecule has 0 fully saturated rings. The molecule has 0 saturated carbocycles. The van der Waals surface area contributed by atoms with E-state index in [4.69, 9.17) is 19.7 Å². The lowest BCUT2D eigenvalue weighted by Gasteiger charge is -2.18. The smallest absolute Gasteiger partial charge is 0.410 e. The maximum absolute atomic E-state index is 12.1. The molecule has 0 radical (unpaired) electrons. The van der Waals surface area contributed by atoms with Gasteiger partial charge in [0, 0.05) is 24.9 Å². The van der Waals surface area contributed by atoms with Crippen molar-refractivity contribution in [2.24, 2.45) is 0 Å². The van der Waals surface area contributed by atoms with Crippen LogP contribution in [0.2, 0.25) is 0 Å². The zero-order chi connectivity index (χ0) is 23.9. The monoisotopic (exact) mass is 454 g/mol. The summed E-state index contributed by atoms with van der Waals surface area (Å²) in [6.07, 6.45) is -2.23. The van der Waals surface area contributed by atoms with Gasteiger partial charge >= 0.3 is 18.0 Å². The first-order valence-electron chi connectivity index (χ1n) is 9.70. The predicted octanol–water partition coefficient (Wildman–Crippen LogP) is 1.14. The van der Waals surface area contributed by atoms with E-state index in [1.54, 1.807) is 24.3 Å². The Kier molecular flexibility index (Phi) is 11.6. The Hall–Kier alpha value is -3.83. The van der Waals surface area contributed by atoms with Crippen molar-refractivity contribution in [2.75, 3.05) is 13.7 Å². The van der Waals surface area contributed by atoms with Crippen LogP contribution in [0.1, 0.15) is 42.5 Å². The number of hydrogen-bond acceptors (Lipinski definition) is 8. The first-order chi connectivity index (χ1) is 15.3. The van der Waals surface area contributed by atoms with Gasteiger partial charge in [0.2, 0.25) is 6.29 Å². The number of rotatable bonds is 15. The van der Waals surface area contributed by atoms with Gasteiger partial charge in [-0.15, -0.1) is 0 Å². The average Bonchev–Trinajstić information content (AvgIpc) is 2.76. The van der Waals surface area contributed by atoms with Gasteiger partial charge < -0.3 is 35.1 Å². The summed E-state index contributed by atoms with van der Waals surface area (Å²) >= 11 is 0. The molecule has 4 N–H and O–H groups in total. The van der Waals surface area contributed by atoms with E-state index in [1.165, 1.54) is 7.11 Å². The first kappa shape index (κ1) is 26.2. The van der Waals surface area contributed by atoms with Crippen LogP contribution in [0, 0.1) is 0 Å². The van der Waals surface area contributed by atoms with Gasteiger partial charge in [-0.3, -0.25) is 14.4 Å². The number of carboxylic acids is 2. The first-order valence-corrected chi connectivity index (χ1v) is 9.70. The Morgan fingerprint density at radius 1 is 1.06 bits per heavy atom. The second-order valence-corrected chi connectivity index (χ2v) is 6.51. The van der Waals surface area contributed by atoms with Crippen LogP contribution in [0.25, 0.3) is 0 Å². The summed E-state index contributed by atoms with van der Waals surface area (Å²) in [5, 5.41) is 22.4. The number of amides is 2. The van der Waals surface area contributed by atoms with E-state index in [0.29, 0.717) is 30.7 Å². The summed E-state index contributed by atoms with van der Waals surface area (Å²) in [4.78, 5) is 56.2. The number of alkyl carbamates (subject to hydrolysis) is 1. The highest BCUT2D eigenvalue weighted by Gasteiger charge is 2.24. The van der Waals surface area contributed by atoms with Crippen molar-refractivity contribution in [1.82, 2.24) is 10.6 Å². The number of ether oxygens (including phenoxy) is 3. The van der Waals surface area contributed by atoms with Crippen LogP contribution < -0.4 is 15.4 Å². The highest BCUT2D eigenvalue weighted by atomic mass is 16.7. The molecule has 1 aromatic rings. The Bertz CT molecular complexity index is 781. The molecule has 0 aliphatic heterocycles. The number of benzene rings is 1. The number of unbranched alkanes of at least 4 members (excludes halogenated alkanes) is 1. The van der Waals surface area contributed by atoms with Crippen LogP contribution in [0.4, 0.5) is 4.79 Å². The van der Waals surface area contributed by atoms with Crippen LogP contribution in [-0.2, 0) is 23.9 Å². The van der Waals surface area contributed by atoms with Gasteiger partial charge in [-0.1, -0.05) is 0 Å². The number of hydrogen-bond donors (Lipinski definition) is 4. The number of carbonyl (C=O) groups is 5. The maximum Gasteiger partial charge on any atom is 0.410 e. The molecule has 0 unspecified atom stereocenters. The van der Waals surface area contributed by atoms with E-state index in [1.807, 2.05) is 5.32 Å². The lowest BCUT2D eigenvalue weighted by molar-refractivity contribution is -0.154. The van der Waals surface area contributed by atoms with Gasteiger partial charge in [0.15, 0.2) is 0 Å². The number of aliphatic carboxylic acids is 2. The summed E-state index contributed by atoms with van der Waals surface area (Å²) in [6, 6.07) is 5.10. The molecule has 176 valence electrons. The Labute approximate surface area is 183 Å². The normalized spacial score (nSPS) is 12.0. The van der Waals surface area contributed by atoms with E-state index in [-0.39, 0.29) is 25.2 Å². The van der Waals surface area contributed by atoms with Crippen LogP contribution in [0.5, 0.6) is 5.75 Å². The fraction of sp³-hybridized carbons (Fsp3) is 0.450. The SMILES string of the molecule is COc1ccc(C(=O)NCCCC[C@@H](OC=O)OC(=O)N[C@@H](CCC(=O)O)C(=O)O)cc1. The summed E-state index contributed by atoms with van der Waals surface area (Å²) in [5.74, 6) is -2.29. The second kappa shape index (κ2) is 14.2. The number of carbonyl (C=O) groups excluding carboxylic acids is 3. The lowest BCUT2D eigenvalue weighted by Crippen LogP contribution is -2.42. The fourth-order valence-corrected chi connectivity index (χ4v) is 2.52.